The molecule has 0 radical (unpaired) electrons. The average Bonchev–Trinajstić information content (AvgIpc) is 3.57. The topological polar surface area (TPSA) is 138 Å². The molecule has 12 nitrogen and oxygen atoms in total. The first-order valence-corrected chi connectivity index (χ1v) is 18.7. The van der Waals surface area contributed by atoms with E-state index in [2.05, 4.69) is 10.2 Å². The second-order valence-electron chi connectivity index (χ2n) is 14.1. The number of nitrogens with zero attached hydrogens (tertiary/aromatic N) is 4. The predicted molar refractivity (Wildman–Crippen MR) is 191 cm³/mol. The van der Waals surface area contributed by atoms with Crippen molar-refractivity contribution >= 4 is 47.0 Å². The SMILES string of the molecule is CCOC(=O)[C@@H]1CCCN1C1CCN(C(=O)[C@@H](Cc2cc(Cl)c(N)c(C(F)(F)F)c2)OC(=O)N2CCC(N3CCc4ccccc4NC3=O)CC2)CC1. The summed E-state index contributed by atoms with van der Waals surface area (Å²) >= 11 is 6.11. The van der Waals surface area contributed by atoms with Crippen LogP contribution in [0, 0.1) is 0 Å². The second kappa shape index (κ2) is 16.4. The lowest BCUT2D eigenvalue weighted by atomic mass is 9.99. The van der Waals surface area contributed by atoms with E-state index in [-0.39, 0.29) is 60.2 Å². The number of nitrogens with two attached hydrogens (primary N) is 1. The van der Waals surface area contributed by atoms with Gasteiger partial charge in [0, 0.05) is 56.9 Å². The van der Waals surface area contributed by atoms with E-state index in [0.717, 1.165) is 30.3 Å². The number of fused-ring (bicyclic) bond motifs is 1. The maximum atomic E-state index is 14.1. The lowest BCUT2D eigenvalue weighted by Crippen LogP contribution is -2.53. The molecular weight excluding hydrogens is 717 g/mol. The summed E-state index contributed by atoms with van der Waals surface area (Å²) in [5.41, 5.74) is 5.76. The molecule has 288 valence electrons. The van der Waals surface area contributed by atoms with Crippen molar-refractivity contribution in [3.8, 4) is 0 Å². The number of para-hydroxylation sites is 1. The van der Waals surface area contributed by atoms with Gasteiger partial charge in [0.15, 0.2) is 6.10 Å². The van der Waals surface area contributed by atoms with Gasteiger partial charge in [0.25, 0.3) is 5.91 Å². The molecule has 2 aromatic rings. The lowest BCUT2D eigenvalue weighted by molar-refractivity contribution is -0.150. The minimum atomic E-state index is -4.80. The van der Waals surface area contributed by atoms with Gasteiger partial charge >= 0.3 is 24.3 Å². The van der Waals surface area contributed by atoms with Crippen molar-refractivity contribution in [1.82, 2.24) is 19.6 Å². The smallest absolute Gasteiger partial charge is 0.418 e. The number of esters is 1. The predicted octanol–water partition coefficient (Wildman–Crippen LogP) is 5.56. The van der Waals surface area contributed by atoms with Crippen LogP contribution >= 0.6 is 11.6 Å². The zero-order chi connectivity index (χ0) is 37.9. The van der Waals surface area contributed by atoms with E-state index in [9.17, 15) is 32.3 Å². The largest absolute Gasteiger partial charge is 0.465 e. The zero-order valence-electron chi connectivity index (χ0n) is 29.7. The van der Waals surface area contributed by atoms with Crippen LogP contribution < -0.4 is 11.1 Å². The fourth-order valence-corrected chi connectivity index (χ4v) is 8.30. The number of piperidine rings is 2. The highest BCUT2D eigenvalue weighted by atomic mass is 35.5. The Morgan fingerprint density at radius 3 is 2.34 bits per heavy atom. The van der Waals surface area contributed by atoms with Gasteiger partial charge in [-0.3, -0.25) is 14.5 Å². The fourth-order valence-electron chi connectivity index (χ4n) is 8.05. The zero-order valence-corrected chi connectivity index (χ0v) is 30.5. The van der Waals surface area contributed by atoms with Crippen LogP contribution in [0.25, 0.3) is 0 Å². The van der Waals surface area contributed by atoms with E-state index in [1.54, 1.807) is 16.7 Å². The molecule has 6 rings (SSSR count). The molecule has 0 saturated carbocycles. The first-order chi connectivity index (χ1) is 25.3. The molecule has 2 atom stereocenters. The van der Waals surface area contributed by atoms with Gasteiger partial charge in [-0.15, -0.1) is 0 Å². The van der Waals surface area contributed by atoms with Crippen LogP contribution in [-0.4, -0.2) is 114 Å². The number of amides is 4. The van der Waals surface area contributed by atoms with E-state index in [0.29, 0.717) is 64.8 Å². The van der Waals surface area contributed by atoms with Crippen LogP contribution in [0.5, 0.6) is 0 Å². The van der Waals surface area contributed by atoms with Crippen LogP contribution in [0.1, 0.15) is 62.1 Å². The number of carbonyl (C=O) groups is 4. The summed E-state index contributed by atoms with van der Waals surface area (Å²) < 4.78 is 52.7. The highest BCUT2D eigenvalue weighted by molar-refractivity contribution is 6.33. The number of nitrogen functional groups attached to an aromatic ring is 1. The monoisotopic (exact) mass is 762 g/mol. The Bertz CT molecular complexity index is 1680. The Balaban J connectivity index is 1.13. The van der Waals surface area contributed by atoms with Crippen molar-refractivity contribution in [2.24, 2.45) is 0 Å². The molecule has 53 heavy (non-hydrogen) atoms. The van der Waals surface area contributed by atoms with Gasteiger partial charge in [-0.05, 0) is 87.7 Å². The van der Waals surface area contributed by atoms with Crippen LogP contribution in [0.3, 0.4) is 0 Å². The number of hydrogen-bond acceptors (Lipinski definition) is 8. The quantitative estimate of drug-likeness (QED) is 0.264. The van der Waals surface area contributed by atoms with Crippen molar-refractivity contribution in [3.63, 3.8) is 0 Å². The average molecular weight is 763 g/mol. The molecule has 0 aliphatic carbocycles. The molecular formula is C37H46ClF3N6O6. The molecule has 4 aliphatic heterocycles. The summed E-state index contributed by atoms with van der Waals surface area (Å²) in [7, 11) is 0. The number of likely N-dealkylation sites (tertiary alicyclic amines) is 3. The van der Waals surface area contributed by atoms with Gasteiger partial charge in [0.2, 0.25) is 0 Å². The van der Waals surface area contributed by atoms with Crippen molar-refractivity contribution < 1.29 is 41.8 Å². The van der Waals surface area contributed by atoms with Gasteiger partial charge in [-0.2, -0.15) is 13.2 Å². The second-order valence-corrected chi connectivity index (χ2v) is 14.5. The normalized spacial score (nSPS) is 21.1. The summed E-state index contributed by atoms with van der Waals surface area (Å²) in [6.07, 6.45) is -3.00. The number of nitrogens with one attached hydrogen (secondary N) is 1. The molecule has 16 heteroatoms. The molecule has 4 amide bonds. The first-order valence-electron chi connectivity index (χ1n) is 18.3. The minimum Gasteiger partial charge on any atom is -0.465 e. The van der Waals surface area contributed by atoms with Crippen LogP contribution in [-0.2, 0) is 38.1 Å². The highest BCUT2D eigenvalue weighted by Gasteiger charge is 2.41. The van der Waals surface area contributed by atoms with E-state index in [1.165, 1.54) is 11.0 Å². The summed E-state index contributed by atoms with van der Waals surface area (Å²) in [6, 6.07) is 9.13. The number of anilines is 2. The molecule has 3 fully saturated rings. The number of urea groups is 1. The number of rotatable bonds is 8. The lowest BCUT2D eigenvalue weighted by Gasteiger charge is -2.40. The van der Waals surface area contributed by atoms with E-state index >= 15 is 0 Å². The number of halogens is 4. The van der Waals surface area contributed by atoms with E-state index < -0.39 is 35.5 Å². The van der Waals surface area contributed by atoms with Gasteiger partial charge in [-0.1, -0.05) is 29.8 Å². The molecule has 2 aromatic carbocycles. The van der Waals surface area contributed by atoms with Crippen molar-refractivity contribution in [3.05, 3.63) is 58.1 Å². The molecule has 0 spiro atoms. The van der Waals surface area contributed by atoms with Gasteiger partial charge in [0.1, 0.15) is 6.04 Å². The summed E-state index contributed by atoms with van der Waals surface area (Å²) in [4.78, 5) is 60.3. The maximum absolute atomic E-state index is 14.1. The Kier molecular flexibility index (Phi) is 11.9. The third-order valence-corrected chi connectivity index (χ3v) is 11.2. The highest BCUT2D eigenvalue weighted by Crippen LogP contribution is 2.38. The third-order valence-electron chi connectivity index (χ3n) is 10.8. The summed E-state index contributed by atoms with van der Waals surface area (Å²) in [5.74, 6) is -0.780. The van der Waals surface area contributed by atoms with Crippen LogP contribution in [0.15, 0.2) is 36.4 Å². The molecule has 3 saturated heterocycles. The number of alkyl halides is 3. The number of benzene rings is 2. The minimum absolute atomic E-state index is 0.0405. The number of carbonyl (C=O) groups excluding carboxylic acids is 4. The summed E-state index contributed by atoms with van der Waals surface area (Å²) in [5, 5.41) is 2.65. The van der Waals surface area contributed by atoms with Crippen molar-refractivity contribution in [2.45, 2.75) is 88.7 Å². The third kappa shape index (κ3) is 8.77. The molecule has 0 aromatic heterocycles. The van der Waals surface area contributed by atoms with Crippen LogP contribution in [0.4, 0.5) is 34.1 Å². The first kappa shape index (κ1) is 38.5. The molecule has 4 aliphatic rings. The van der Waals surface area contributed by atoms with Gasteiger partial charge in [0.05, 0.1) is 22.9 Å². The Hall–Kier alpha value is -4.24. The van der Waals surface area contributed by atoms with Crippen molar-refractivity contribution in [2.75, 3.05) is 56.9 Å². The molecule has 3 N–H and O–H groups in total. The standard InChI is InChI=1S/C37H46ClF3N6O6/c1-2-52-34(49)30-8-5-14-46(30)25-10-15-44(16-11-25)33(48)31(22-23-20-27(37(39,40)41)32(42)28(38)21-23)53-36(51)45-17-12-26(13-18-45)47-19-9-24-6-3-4-7-29(24)43-35(47)50/h3-4,6-7,20-21,25-26,30-31H,2,5,8-19,22,42H2,1H3,(H,43,50)/t30-,31+/m0/s1. The fraction of sp³-hybridized carbons (Fsp3) is 0.568. The summed E-state index contributed by atoms with van der Waals surface area (Å²) in [6.45, 7) is 4.48. The van der Waals surface area contributed by atoms with E-state index in [1.807, 2.05) is 24.3 Å². The van der Waals surface area contributed by atoms with Gasteiger partial charge in [-0.25, -0.2) is 9.59 Å². The van der Waals surface area contributed by atoms with E-state index in [4.69, 9.17) is 26.8 Å². The number of hydrogen-bond donors (Lipinski definition) is 2. The molecule has 0 unspecified atom stereocenters. The Morgan fingerprint density at radius 2 is 1.64 bits per heavy atom. The Morgan fingerprint density at radius 1 is 0.962 bits per heavy atom. The molecule has 4 heterocycles. The van der Waals surface area contributed by atoms with Crippen LogP contribution in [0.2, 0.25) is 5.02 Å². The maximum Gasteiger partial charge on any atom is 0.418 e. The van der Waals surface area contributed by atoms with Crippen molar-refractivity contribution in [1.29, 1.82) is 0 Å². The Labute approximate surface area is 311 Å². The number of ether oxygens (including phenoxy) is 2. The van der Waals surface area contributed by atoms with Gasteiger partial charge < -0.3 is 35.2 Å². The molecule has 0 bridgehead atoms.